The van der Waals surface area contributed by atoms with Gasteiger partial charge in [0.15, 0.2) is 0 Å². The molecule has 0 fully saturated rings. The second-order valence-corrected chi connectivity index (χ2v) is 7.03. The number of hydrogen-bond donors (Lipinski definition) is 2. The number of anilines is 1. The first-order valence-corrected chi connectivity index (χ1v) is 9.85. The molecule has 0 aliphatic carbocycles. The Bertz CT molecular complexity index is 983. The van der Waals surface area contributed by atoms with Gasteiger partial charge in [-0.05, 0) is 41.1 Å². The zero-order valence-electron chi connectivity index (χ0n) is 16.7. The molecule has 5 nitrogen and oxygen atoms in total. The van der Waals surface area contributed by atoms with Crippen LogP contribution in [0.4, 0.5) is 5.69 Å². The van der Waals surface area contributed by atoms with Gasteiger partial charge >= 0.3 is 0 Å². The van der Waals surface area contributed by atoms with E-state index in [-0.39, 0.29) is 12.5 Å². The van der Waals surface area contributed by atoms with E-state index in [0.717, 1.165) is 46.2 Å². The van der Waals surface area contributed by atoms with Crippen molar-refractivity contribution >= 4 is 22.4 Å². The lowest BCUT2D eigenvalue weighted by atomic mass is 9.97. The van der Waals surface area contributed by atoms with E-state index in [4.69, 9.17) is 10.5 Å². The average molecular weight is 389 g/mol. The molecule has 0 radical (unpaired) electrons. The molecule has 1 unspecified atom stereocenters. The van der Waals surface area contributed by atoms with Crippen LogP contribution in [0.2, 0.25) is 0 Å². The first kappa shape index (κ1) is 20.6. The fourth-order valence-electron chi connectivity index (χ4n) is 3.17. The van der Waals surface area contributed by atoms with E-state index in [2.05, 4.69) is 23.8 Å². The van der Waals surface area contributed by atoms with Crippen molar-refractivity contribution in [3.63, 3.8) is 0 Å². The van der Waals surface area contributed by atoms with Gasteiger partial charge in [0.2, 0.25) is 5.91 Å². The second kappa shape index (κ2) is 9.85. The van der Waals surface area contributed by atoms with Crippen LogP contribution in [0.3, 0.4) is 0 Å². The van der Waals surface area contributed by atoms with Gasteiger partial charge in [-0.25, -0.2) is 0 Å². The van der Waals surface area contributed by atoms with Crippen LogP contribution in [0, 0.1) is 0 Å². The average Bonchev–Trinajstić information content (AvgIpc) is 2.74. The molecule has 1 aromatic heterocycles. The fraction of sp³-hybridized carbons (Fsp3) is 0.250. The van der Waals surface area contributed by atoms with E-state index in [9.17, 15) is 4.79 Å². The van der Waals surface area contributed by atoms with Crippen LogP contribution in [-0.4, -0.2) is 17.4 Å². The van der Waals surface area contributed by atoms with Gasteiger partial charge < -0.3 is 15.8 Å². The monoisotopic (exact) mass is 389 g/mol. The Hall–Kier alpha value is -3.18. The summed E-state index contributed by atoms with van der Waals surface area (Å²) in [7, 11) is 0. The summed E-state index contributed by atoms with van der Waals surface area (Å²) in [5.74, 6) is 0.247. The molecule has 2 aromatic carbocycles. The summed E-state index contributed by atoms with van der Waals surface area (Å²) < 4.78 is 5.65. The Morgan fingerprint density at radius 1 is 1.17 bits per heavy atom. The topological polar surface area (TPSA) is 77.2 Å². The molecular weight excluding hydrogens is 362 g/mol. The molecule has 0 saturated heterocycles. The first-order chi connectivity index (χ1) is 14.1. The van der Waals surface area contributed by atoms with Crippen molar-refractivity contribution in [1.29, 1.82) is 0 Å². The Morgan fingerprint density at radius 2 is 1.97 bits per heavy atom. The number of fused-ring (bicyclic) bond motifs is 1. The second-order valence-electron chi connectivity index (χ2n) is 7.03. The Morgan fingerprint density at radius 3 is 2.69 bits per heavy atom. The van der Waals surface area contributed by atoms with Crippen molar-refractivity contribution in [1.82, 2.24) is 4.98 Å². The number of carbonyl (C=O) groups excluding carboxylic acids is 1. The molecule has 3 rings (SSSR count). The van der Waals surface area contributed by atoms with Crippen molar-refractivity contribution in [2.24, 2.45) is 5.73 Å². The van der Waals surface area contributed by atoms with Crippen molar-refractivity contribution in [2.75, 3.05) is 11.9 Å². The Balaban J connectivity index is 1.66. The molecule has 5 heteroatoms. The highest BCUT2D eigenvalue weighted by atomic mass is 16.5. The highest BCUT2D eigenvalue weighted by Crippen LogP contribution is 2.22. The third-order valence-electron chi connectivity index (χ3n) is 4.81. The van der Waals surface area contributed by atoms with Gasteiger partial charge in [-0.15, -0.1) is 0 Å². The summed E-state index contributed by atoms with van der Waals surface area (Å²) in [5, 5.41) is 5.03. The van der Waals surface area contributed by atoms with Gasteiger partial charge in [-0.3, -0.25) is 9.78 Å². The molecule has 0 spiro atoms. The number of rotatable bonds is 9. The summed E-state index contributed by atoms with van der Waals surface area (Å²) in [4.78, 5) is 16.9. The number of aromatic nitrogens is 1. The molecule has 29 heavy (non-hydrogen) atoms. The van der Waals surface area contributed by atoms with Crippen LogP contribution in [0.25, 0.3) is 10.8 Å². The summed E-state index contributed by atoms with van der Waals surface area (Å²) in [5.41, 5.74) is 8.57. The highest BCUT2D eigenvalue weighted by molar-refractivity contribution is 5.98. The van der Waals surface area contributed by atoms with Gasteiger partial charge in [0, 0.05) is 36.4 Å². The third kappa shape index (κ3) is 5.42. The number of hydrogen-bond acceptors (Lipinski definition) is 4. The molecule has 3 N–H and O–H groups in total. The van der Waals surface area contributed by atoms with Crippen LogP contribution < -0.4 is 11.1 Å². The summed E-state index contributed by atoms with van der Waals surface area (Å²) in [6.07, 6.45) is 5.41. The number of pyridine rings is 1. The predicted molar refractivity (Wildman–Crippen MR) is 117 cm³/mol. The fourth-order valence-corrected chi connectivity index (χ4v) is 3.17. The van der Waals surface area contributed by atoms with E-state index in [1.807, 2.05) is 48.5 Å². The van der Waals surface area contributed by atoms with Crippen LogP contribution in [0.15, 0.2) is 73.3 Å². The summed E-state index contributed by atoms with van der Waals surface area (Å²) >= 11 is 0. The van der Waals surface area contributed by atoms with Gasteiger partial charge in [-0.1, -0.05) is 43.8 Å². The van der Waals surface area contributed by atoms with E-state index in [1.54, 1.807) is 12.4 Å². The first-order valence-electron chi connectivity index (χ1n) is 9.85. The molecule has 1 heterocycles. The number of nitrogens with zero attached hydrogens (tertiary/aromatic N) is 1. The number of ether oxygens (including phenoxy) is 1. The van der Waals surface area contributed by atoms with Crippen LogP contribution >= 0.6 is 0 Å². The molecule has 0 aliphatic rings. The molecule has 1 amide bonds. The van der Waals surface area contributed by atoms with E-state index >= 15 is 0 Å². The Labute approximate surface area is 171 Å². The van der Waals surface area contributed by atoms with Gasteiger partial charge in [-0.2, -0.15) is 0 Å². The van der Waals surface area contributed by atoms with Crippen molar-refractivity contribution < 1.29 is 9.53 Å². The molecule has 0 aliphatic heterocycles. The minimum Gasteiger partial charge on any atom is -0.494 e. The number of benzene rings is 2. The predicted octanol–water partition coefficient (Wildman–Crippen LogP) is 4.75. The zero-order valence-corrected chi connectivity index (χ0v) is 16.7. The third-order valence-corrected chi connectivity index (χ3v) is 4.81. The van der Waals surface area contributed by atoms with Crippen LogP contribution in [0.1, 0.15) is 36.8 Å². The van der Waals surface area contributed by atoms with Crippen molar-refractivity contribution in [3.05, 3.63) is 84.4 Å². The summed E-state index contributed by atoms with van der Waals surface area (Å²) in [6, 6.07) is 15.5. The smallest absolute Gasteiger partial charge is 0.233 e. The minimum absolute atomic E-state index is 0.124. The highest BCUT2D eigenvalue weighted by Gasteiger charge is 2.19. The van der Waals surface area contributed by atoms with Crippen molar-refractivity contribution in [2.45, 2.75) is 32.3 Å². The van der Waals surface area contributed by atoms with Gasteiger partial charge in [0.05, 0.1) is 11.7 Å². The maximum Gasteiger partial charge on any atom is 0.233 e. The maximum atomic E-state index is 12.8. The molecule has 0 bridgehead atoms. The molecule has 1 atom stereocenters. The number of nitrogens with one attached hydrogen (secondary N) is 1. The Kier molecular flexibility index (Phi) is 6.98. The molecule has 3 aromatic rings. The molecular formula is C24H27N3O2. The van der Waals surface area contributed by atoms with E-state index in [1.165, 1.54) is 0 Å². The van der Waals surface area contributed by atoms with Gasteiger partial charge in [0.1, 0.15) is 6.61 Å². The normalized spacial score (nSPS) is 11.8. The number of carbonyl (C=O) groups is 1. The quantitative estimate of drug-likeness (QED) is 0.518. The summed E-state index contributed by atoms with van der Waals surface area (Å²) in [6.45, 7) is 6.70. The zero-order chi connectivity index (χ0) is 20.6. The number of nitrogens with two attached hydrogens (primary N) is 1. The van der Waals surface area contributed by atoms with E-state index in [0.29, 0.717) is 6.61 Å². The number of amides is 1. The lowest BCUT2D eigenvalue weighted by Gasteiger charge is -2.16. The largest absolute Gasteiger partial charge is 0.494 e. The lowest BCUT2D eigenvalue weighted by Crippen LogP contribution is -2.27. The van der Waals surface area contributed by atoms with E-state index < -0.39 is 5.92 Å². The number of allylic oxidation sites excluding steroid dienone is 1. The SMILES string of the molecule is C=C(CCC)OCc1ccc(C(CN)C(=O)Nc2ccc3cnccc3c2)cc1. The minimum atomic E-state index is -0.423. The van der Waals surface area contributed by atoms with Crippen molar-refractivity contribution in [3.8, 4) is 0 Å². The van der Waals surface area contributed by atoms with Crippen LogP contribution in [-0.2, 0) is 16.1 Å². The molecule has 0 saturated carbocycles. The van der Waals surface area contributed by atoms with Crippen LogP contribution in [0.5, 0.6) is 0 Å². The maximum absolute atomic E-state index is 12.8. The standard InChI is InChI=1S/C24H27N3O2/c1-3-4-17(2)29-16-18-5-7-19(8-6-18)23(14-25)24(28)27-22-10-9-21-15-26-12-11-20(21)13-22/h5-13,15,23H,2-4,14,16,25H2,1H3,(H,27,28). The van der Waals surface area contributed by atoms with Gasteiger partial charge in [0.25, 0.3) is 0 Å². The molecule has 150 valence electrons. The lowest BCUT2D eigenvalue weighted by molar-refractivity contribution is -0.117.